The molecule has 0 aliphatic carbocycles. The molecule has 94 valence electrons. The molecule has 4 nitrogen and oxygen atoms in total. The van der Waals surface area contributed by atoms with Crippen molar-refractivity contribution in [2.24, 2.45) is 0 Å². The fourth-order valence-electron chi connectivity index (χ4n) is 2.57. The number of anilines is 1. The molecule has 0 fully saturated rings. The predicted octanol–water partition coefficient (Wildman–Crippen LogP) is 1.39. The zero-order chi connectivity index (χ0) is 12.6. The maximum Gasteiger partial charge on any atom is 0.274 e. The molecular weight excluding hydrogens is 214 g/mol. The van der Waals surface area contributed by atoms with E-state index in [0.29, 0.717) is 5.69 Å². The molecule has 4 heteroatoms. The highest BCUT2D eigenvalue weighted by molar-refractivity contribution is 5.42. The van der Waals surface area contributed by atoms with Gasteiger partial charge < -0.3 is 10.3 Å². The van der Waals surface area contributed by atoms with E-state index >= 15 is 0 Å². The summed E-state index contributed by atoms with van der Waals surface area (Å²) in [5.74, 6) is 0. The predicted molar refractivity (Wildman–Crippen MR) is 70.2 cm³/mol. The third-order valence-electron chi connectivity index (χ3n) is 3.48. The third-order valence-corrected chi connectivity index (χ3v) is 3.48. The Morgan fingerprint density at radius 1 is 1.47 bits per heavy atom. The van der Waals surface area contributed by atoms with Crippen molar-refractivity contribution in [1.29, 1.82) is 0 Å². The lowest BCUT2D eigenvalue weighted by Crippen LogP contribution is -2.37. The first kappa shape index (κ1) is 12.2. The van der Waals surface area contributed by atoms with Gasteiger partial charge in [-0.3, -0.25) is 9.69 Å². The van der Waals surface area contributed by atoms with E-state index in [9.17, 15) is 4.79 Å². The molecule has 0 spiro atoms. The number of fused-ring (bicyclic) bond motifs is 1. The van der Waals surface area contributed by atoms with E-state index < -0.39 is 0 Å². The first-order valence-electron chi connectivity index (χ1n) is 6.29. The molecular formula is C13H21N3O. The highest BCUT2D eigenvalue weighted by Gasteiger charge is 2.21. The summed E-state index contributed by atoms with van der Waals surface area (Å²) in [4.78, 5) is 14.4. The molecule has 1 aromatic heterocycles. The first-order valence-corrected chi connectivity index (χ1v) is 6.29. The van der Waals surface area contributed by atoms with Gasteiger partial charge in [-0.05, 0) is 32.0 Å². The number of nitrogen functional groups attached to an aromatic ring is 1. The zero-order valence-electron chi connectivity index (χ0n) is 10.9. The molecule has 0 bridgehead atoms. The lowest BCUT2D eigenvalue weighted by atomic mass is 10.0. The summed E-state index contributed by atoms with van der Waals surface area (Å²) in [6, 6.07) is 2.03. The van der Waals surface area contributed by atoms with Gasteiger partial charge in [0.05, 0.1) is 5.69 Å². The summed E-state index contributed by atoms with van der Waals surface area (Å²) in [5, 5.41) is 0. The molecule has 2 rings (SSSR count). The maximum absolute atomic E-state index is 12.1. The van der Waals surface area contributed by atoms with Crippen molar-refractivity contribution in [3.8, 4) is 0 Å². The second-order valence-electron chi connectivity index (χ2n) is 4.96. The van der Waals surface area contributed by atoms with Crippen LogP contribution in [0.25, 0.3) is 0 Å². The van der Waals surface area contributed by atoms with Crippen LogP contribution in [0, 0.1) is 0 Å². The van der Waals surface area contributed by atoms with Gasteiger partial charge in [0.25, 0.3) is 5.56 Å². The molecule has 2 heterocycles. The highest BCUT2D eigenvalue weighted by atomic mass is 16.1. The number of likely N-dealkylation sites (N-methyl/N-ethyl adjacent to an activating group) is 1. The van der Waals surface area contributed by atoms with Crippen LogP contribution in [0.1, 0.15) is 38.1 Å². The standard InChI is InChI=1S/C13H21N3O/c1-4-15-6-5-12-10(8-15)7-11(14)13(17)16(12)9(2)3/h7,9H,4-6,8,14H2,1-3H3. The quantitative estimate of drug-likeness (QED) is 0.842. The normalized spacial score (nSPS) is 16.2. The van der Waals surface area contributed by atoms with E-state index in [1.165, 1.54) is 11.3 Å². The van der Waals surface area contributed by atoms with E-state index in [2.05, 4.69) is 11.8 Å². The van der Waals surface area contributed by atoms with Gasteiger partial charge in [-0.1, -0.05) is 6.92 Å². The number of nitrogens with zero attached hydrogens (tertiary/aromatic N) is 2. The van der Waals surface area contributed by atoms with Gasteiger partial charge in [0.1, 0.15) is 0 Å². The number of hydrogen-bond donors (Lipinski definition) is 1. The van der Waals surface area contributed by atoms with Gasteiger partial charge >= 0.3 is 0 Å². The van der Waals surface area contributed by atoms with Crippen LogP contribution in [0.4, 0.5) is 5.69 Å². The van der Waals surface area contributed by atoms with E-state index in [1.54, 1.807) is 0 Å². The van der Waals surface area contributed by atoms with Crippen molar-refractivity contribution in [2.45, 2.75) is 39.8 Å². The molecule has 2 N–H and O–H groups in total. The van der Waals surface area contributed by atoms with Crippen molar-refractivity contribution in [1.82, 2.24) is 9.47 Å². The Kier molecular flexibility index (Phi) is 3.24. The van der Waals surface area contributed by atoms with E-state index in [-0.39, 0.29) is 11.6 Å². The van der Waals surface area contributed by atoms with Crippen molar-refractivity contribution >= 4 is 5.69 Å². The molecule has 0 radical (unpaired) electrons. The van der Waals surface area contributed by atoms with Crippen LogP contribution in [0.3, 0.4) is 0 Å². The summed E-state index contributed by atoms with van der Waals surface area (Å²) in [6.45, 7) is 9.20. The SMILES string of the molecule is CCN1CCc2c(cc(N)c(=O)n2C(C)C)C1. The molecule has 0 unspecified atom stereocenters. The fraction of sp³-hybridized carbons (Fsp3) is 0.615. The average Bonchev–Trinajstić information content (AvgIpc) is 2.29. The molecule has 1 aliphatic heterocycles. The molecule has 17 heavy (non-hydrogen) atoms. The van der Waals surface area contributed by atoms with Crippen LogP contribution in [0.2, 0.25) is 0 Å². The summed E-state index contributed by atoms with van der Waals surface area (Å²) in [7, 11) is 0. The summed E-state index contributed by atoms with van der Waals surface area (Å²) in [6.07, 6.45) is 0.941. The Hall–Kier alpha value is -1.29. The van der Waals surface area contributed by atoms with E-state index in [4.69, 9.17) is 5.73 Å². The number of hydrogen-bond acceptors (Lipinski definition) is 3. The molecule has 0 atom stereocenters. The van der Waals surface area contributed by atoms with Gasteiger partial charge in [0.15, 0.2) is 0 Å². The molecule has 0 saturated carbocycles. The summed E-state index contributed by atoms with van der Waals surface area (Å²) in [5.41, 5.74) is 8.53. The van der Waals surface area contributed by atoms with Crippen molar-refractivity contribution in [2.75, 3.05) is 18.8 Å². The van der Waals surface area contributed by atoms with Crippen molar-refractivity contribution in [3.63, 3.8) is 0 Å². The molecule has 1 aromatic rings. The first-order chi connectivity index (χ1) is 8.04. The van der Waals surface area contributed by atoms with Crippen LogP contribution >= 0.6 is 0 Å². The number of rotatable bonds is 2. The van der Waals surface area contributed by atoms with E-state index in [1.807, 2.05) is 24.5 Å². The van der Waals surface area contributed by atoms with Crippen molar-refractivity contribution < 1.29 is 0 Å². The minimum absolute atomic E-state index is 0.0382. The Balaban J connectivity index is 2.55. The summed E-state index contributed by atoms with van der Waals surface area (Å²) < 4.78 is 1.86. The van der Waals surface area contributed by atoms with Crippen LogP contribution < -0.4 is 11.3 Å². The number of pyridine rings is 1. The van der Waals surface area contributed by atoms with Crippen LogP contribution in [0.5, 0.6) is 0 Å². The average molecular weight is 235 g/mol. The van der Waals surface area contributed by atoms with E-state index in [0.717, 1.165) is 26.1 Å². The third kappa shape index (κ3) is 2.09. The topological polar surface area (TPSA) is 51.3 Å². The smallest absolute Gasteiger partial charge is 0.274 e. The molecule has 1 aliphatic rings. The van der Waals surface area contributed by atoms with Crippen LogP contribution in [-0.4, -0.2) is 22.6 Å². The fourth-order valence-corrected chi connectivity index (χ4v) is 2.57. The second kappa shape index (κ2) is 4.53. The molecule has 0 saturated heterocycles. The summed E-state index contributed by atoms with van der Waals surface area (Å²) >= 11 is 0. The van der Waals surface area contributed by atoms with Gasteiger partial charge in [0.2, 0.25) is 0 Å². The number of nitrogens with two attached hydrogens (primary N) is 1. The van der Waals surface area contributed by atoms with Gasteiger partial charge in [0, 0.05) is 31.2 Å². The Morgan fingerprint density at radius 2 is 2.18 bits per heavy atom. The zero-order valence-corrected chi connectivity index (χ0v) is 10.9. The number of aromatic nitrogens is 1. The van der Waals surface area contributed by atoms with Crippen LogP contribution in [0.15, 0.2) is 10.9 Å². The minimum atomic E-state index is -0.0382. The Bertz CT molecular complexity index is 476. The van der Waals surface area contributed by atoms with Gasteiger partial charge in [-0.2, -0.15) is 0 Å². The largest absolute Gasteiger partial charge is 0.394 e. The van der Waals surface area contributed by atoms with Gasteiger partial charge in [-0.25, -0.2) is 0 Å². The maximum atomic E-state index is 12.1. The monoisotopic (exact) mass is 235 g/mol. The lowest BCUT2D eigenvalue weighted by molar-refractivity contribution is 0.260. The van der Waals surface area contributed by atoms with Gasteiger partial charge in [-0.15, -0.1) is 0 Å². The molecule has 0 amide bonds. The Labute approximate surface area is 102 Å². The second-order valence-corrected chi connectivity index (χ2v) is 4.96. The molecule has 0 aromatic carbocycles. The minimum Gasteiger partial charge on any atom is -0.394 e. The lowest BCUT2D eigenvalue weighted by Gasteiger charge is -2.30. The van der Waals surface area contributed by atoms with Crippen molar-refractivity contribution in [3.05, 3.63) is 27.7 Å². The Morgan fingerprint density at radius 3 is 2.76 bits per heavy atom. The highest BCUT2D eigenvalue weighted by Crippen LogP contribution is 2.21. The van der Waals surface area contributed by atoms with Crippen LogP contribution in [-0.2, 0) is 13.0 Å².